The van der Waals surface area contributed by atoms with Gasteiger partial charge < -0.3 is 5.32 Å². The van der Waals surface area contributed by atoms with Gasteiger partial charge in [0.2, 0.25) is 0 Å². The van der Waals surface area contributed by atoms with Crippen molar-refractivity contribution in [2.24, 2.45) is 0 Å². The molecule has 0 radical (unpaired) electrons. The molecule has 0 aliphatic heterocycles. The van der Waals surface area contributed by atoms with Crippen molar-refractivity contribution in [3.05, 3.63) is 52.4 Å². The summed E-state index contributed by atoms with van der Waals surface area (Å²) in [6, 6.07) is 8.83. The van der Waals surface area contributed by atoms with Gasteiger partial charge in [0.15, 0.2) is 0 Å². The SMILES string of the molecule is CCc1cc2c(NCc3ccc(F)cc3)nc(C3CCCCC3)nc2s1. The van der Waals surface area contributed by atoms with Gasteiger partial charge in [0.25, 0.3) is 0 Å². The Morgan fingerprint density at radius 3 is 2.62 bits per heavy atom. The highest BCUT2D eigenvalue weighted by atomic mass is 32.1. The van der Waals surface area contributed by atoms with E-state index in [2.05, 4.69) is 18.3 Å². The molecule has 2 aromatic heterocycles. The molecular formula is C21H24FN3S. The van der Waals surface area contributed by atoms with Crippen LogP contribution in [0.1, 0.15) is 61.2 Å². The average molecular weight is 370 g/mol. The third-order valence-corrected chi connectivity index (χ3v) is 6.33. The molecule has 1 aliphatic rings. The van der Waals surface area contributed by atoms with Gasteiger partial charge in [-0.05, 0) is 43.0 Å². The maximum atomic E-state index is 13.1. The summed E-state index contributed by atoms with van der Waals surface area (Å²) in [4.78, 5) is 12.2. The first kappa shape index (κ1) is 17.4. The Kier molecular flexibility index (Phi) is 5.16. The van der Waals surface area contributed by atoms with Crippen LogP contribution in [0.4, 0.5) is 10.2 Å². The van der Waals surface area contributed by atoms with Crippen molar-refractivity contribution in [3.8, 4) is 0 Å². The highest BCUT2D eigenvalue weighted by Crippen LogP contribution is 2.35. The van der Waals surface area contributed by atoms with E-state index in [-0.39, 0.29) is 5.82 Å². The third-order valence-electron chi connectivity index (χ3n) is 5.15. The van der Waals surface area contributed by atoms with E-state index in [0.29, 0.717) is 12.5 Å². The van der Waals surface area contributed by atoms with Crippen molar-refractivity contribution in [1.82, 2.24) is 9.97 Å². The lowest BCUT2D eigenvalue weighted by Crippen LogP contribution is -2.11. The summed E-state index contributed by atoms with van der Waals surface area (Å²) in [5.41, 5.74) is 1.04. The number of fused-ring (bicyclic) bond motifs is 1. The lowest BCUT2D eigenvalue weighted by molar-refractivity contribution is 0.430. The van der Waals surface area contributed by atoms with Crippen molar-refractivity contribution < 1.29 is 4.39 Å². The molecule has 1 N–H and O–H groups in total. The molecule has 3 aromatic rings. The Hall–Kier alpha value is -2.01. The van der Waals surface area contributed by atoms with Gasteiger partial charge in [-0.25, -0.2) is 14.4 Å². The van der Waals surface area contributed by atoms with E-state index in [1.807, 2.05) is 12.1 Å². The molecule has 0 saturated heterocycles. The fourth-order valence-corrected chi connectivity index (χ4v) is 4.60. The van der Waals surface area contributed by atoms with E-state index in [1.54, 1.807) is 11.3 Å². The van der Waals surface area contributed by atoms with Crippen molar-refractivity contribution in [3.63, 3.8) is 0 Å². The molecule has 4 rings (SSSR count). The molecule has 5 heteroatoms. The first-order valence-corrected chi connectivity index (χ1v) is 10.3. The van der Waals surface area contributed by atoms with Crippen LogP contribution in [0.5, 0.6) is 0 Å². The molecule has 0 bridgehead atoms. The molecule has 2 heterocycles. The maximum Gasteiger partial charge on any atom is 0.138 e. The number of hydrogen-bond donors (Lipinski definition) is 1. The van der Waals surface area contributed by atoms with E-state index >= 15 is 0 Å². The highest BCUT2D eigenvalue weighted by Gasteiger charge is 2.21. The van der Waals surface area contributed by atoms with Crippen molar-refractivity contribution in [2.75, 3.05) is 5.32 Å². The largest absolute Gasteiger partial charge is 0.365 e. The molecule has 1 aliphatic carbocycles. The Bertz CT molecular complexity index is 882. The lowest BCUT2D eigenvalue weighted by atomic mass is 9.88. The van der Waals surface area contributed by atoms with Gasteiger partial charge in [0.05, 0.1) is 5.39 Å². The molecule has 1 fully saturated rings. The Morgan fingerprint density at radius 2 is 1.88 bits per heavy atom. The summed E-state index contributed by atoms with van der Waals surface area (Å²) in [6.07, 6.45) is 7.26. The predicted molar refractivity (Wildman–Crippen MR) is 106 cm³/mol. The normalized spacial score (nSPS) is 15.5. The zero-order chi connectivity index (χ0) is 17.9. The number of hydrogen-bond acceptors (Lipinski definition) is 4. The zero-order valence-electron chi connectivity index (χ0n) is 15.1. The van der Waals surface area contributed by atoms with Crippen molar-refractivity contribution in [1.29, 1.82) is 0 Å². The minimum absolute atomic E-state index is 0.205. The molecule has 26 heavy (non-hydrogen) atoms. The van der Waals surface area contributed by atoms with Crippen LogP contribution in [0.15, 0.2) is 30.3 Å². The summed E-state index contributed by atoms with van der Waals surface area (Å²) in [5, 5.41) is 4.58. The van der Waals surface area contributed by atoms with E-state index in [1.165, 1.54) is 49.1 Å². The van der Waals surface area contributed by atoms with Crippen LogP contribution in [0.3, 0.4) is 0 Å². The average Bonchev–Trinajstić information content (AvgIpc) is 3.11. The van der Waals surface area contributed by atoms with Gasteiger partial charge in [-0.3, -0.25) is 0 Å². The standard InChI is InChI=1S/C21H24FN3S/c1-2-17-12-18-20(23-13-14-8-10-16(22)11-9-14)24-19(25-21(18)26-17)15-6-4-3-5-7-15/h8-12,15H,2-7,13H2,1H3,(H,23,24,25). The summed E-state index contributed by atoms with van der Waals surface area (Å²) in [7, 11) is 0. The van der Waals surface area contributed by atoms with Crippen molar-refractivity contribution >= 4 is 27.4 Å². The van der Waals surface area contributed by atoms with Crippen LogP contribution >= 0.6 is 11.3 Å². The van der Waals surface area contributed by atoms with Gasteiger partial charge in [0.1, 0.15) is 22.3 Å². The Morgan fingerprint density at radius 1 is 1.12 bits per heavy atom. The summed E-state index contributed by atoms with van der Waals surface area (Å²) >= 11 is 1.77. The molecule has 1 saturated carbocycles. The molecule has 136 valence electrons. The number of aromatic nitrogens is 2. The van der Waals surface area contributed by atoms with Gasteiger partial charge in [-0.15, -0.1) is 11.3 Å². The number of rotatable bonds is 5. The third kappa shape index (κ3) is 3.73. The smallest absolute Gasteiger partial charge is 0.138 e. The number of halogens is 1. The molecule has 1 aromatic carbocycles. The number of thiophene rings is 1. The van der Waals surface area contributed by atoms with E-state index in [4.69, 9.17) is 9.97 Å². The molecule has 0 atom stereocenters. The van der Waals surface area contributed by atoms with Crippen LogP contribution in [0.25, 0.3) is 10.2 Å². The Labute approximate surface area is 157 Å². The van der Waals surface area contributed by atoms with Gasteiger partial charge in [-0.2, -0.15) is 0 Å². The van der Waals surface area contributed by atoms with Crippen LogP contribution in [-0.2, 0) is 13.0 Å². The second-order valence-electron chi connectivity index (χ2n) is 7.03. The van der Waals surface area contributed by atoms with Gasteiger partial charge in [-0.1, -0.05) is 38.3 Å². The first-order chi connectivity index (χ1) is 12.7. The number of nitrogens with zero attached hydrogens (tertiary/aromatic N) is 2. The second kappa shape index (κ2) is 7.70. The predicted octanol–water partition coefficient (Wildman–Crippen LogP) is 6.05. The van der Waals surface area contributed by atoms with Gasteiger partial charge >= 0.3 is 0 Å². The highest BCUT2D eigenvalue weighted by molar-refractivity contribution is 7.18. The van der Waals surface area contributed by atoms with Crippen LogP contribution in [0, 0.1) is 5.82 Å². The van der Waals surface area contributed by atoms with Crippen LogP contribution in [0.2, 0.25) is 0 Å². The minimum Gasteiger partial charge on any atom is -0.365 e. The lowest BCUT2D eigenvalue weighted by Gasteiger charge is -2.21. The summed E-state index contributed by atoms with van der Waals surface area (Å²) < 4.78 is 13.1. The fourth-order valence-electron chi connectivity index (χ4n) is 3.63. The molecule has 3 nitrogen and oxygen atoms in total. The minimum atomic E-state index is -0.205. The van der Waals surface area contributed by atoms with Crippen LogP contribution in [-0.4, -0.2) is 9.97 Å². The van der Waals surface area contributed by atoms with Crippen molar-refractivity contribution in [2.45, 2.75) is 57.9 Å². The van der Waals surface area contributed by atoms with E-state index < -0.39 is 0 Å². The quantitative estimate of drug-likeness (QED) is 0.594. The van der Waals surface area contributed by atoms with Crippen LogP contribution < -0.4 is 5.32 Å². The monoisotopic (exact) mass is 369 g/mol. The fraction of sp³-hybridized carbons (Fsp3) is 0.429. The molecule has 0 amide bonds. The topological polar surface area (TPSA) is 37.8 Å². The van der Waals surface area contributed by atoms with E-state index in [0.717, 1.165) is 33.8 Å². The number of anilines is 1. The number of nitrogens with one attached hydrogen (secondary N) is 1. The maximum absolute atomic E-state index is 13.1. The molecular weight excluding hydrogens is 345 g/mol. The van der Waals surface area contributed by atoms with E-state index in [9.17, 15) is 4.39 Å². The summed E-state index contributed by atoms with van der Waals surface area (Å²) in [6.45, 7) is 2.81. The number of benzene rings is 1. The second-order valence-corrected chi connectivity index (χ2v) is 8.15. The van der Waals surface area contributed by atoms with Gasteiger partial charge in [0, 0.05) is 17.3 Å². The zero-order valence-corrected chi connectivity index (χ0v) is 15.9. The Balaban J connectivity index is 1.65. The molecule has 0 unspecified atom stereocenters. The number of aryl methyl sites for hydroxylation is 1. The summed E-state index contributed by atoms with van der Waals surface area (Å²) in [5.74, 6) is 2.18. The first-order valence-electron chi connectivity index (χ1n) is 9.51. The molecule has 0 spiro atoms.